The maximum atomic E-state index is 12.8. The van der Waals surface area contributed by atoms with Crippen molar-refractivity contribution in [3.63, 3.8) is 0 Å². The Morgan fingerprint density at radius 2 is 1.77 bits per heavy atom. The van der Waals surface area contributed by atoms with Crippen molar-refractivity contribution in [1.29, 1.82) is 0 Å². The van der Waals surface area contributed by atoms with Gasteiger partial charge in [-0.25, -0.2) is 9.78 Å². The van der Waals surface area contributed by atoms with E-state index in [4.69, 9.17) is 9.47 Å². The van der Waals surface area contributed by atoms with Crippen molar-refractivity contribution in [2.24, 2.45) is 13.0 Å². The van der Waals surface area contributed by atoms with Crippen LogP contribution in [0.4, 0.5) is 0 Å². The van der Waals surface area contributed by atoms with Gasteiger partial charge in [0.25, 0.3) is 5.56 Å². The lowest BCUT2D eigenvalue weighted by Crippen LogP contribution is -2.39. The van der Waals surface area contributed by atoms with Crippen molar-refractivity contribution >= 4 is 23.3 Å². The standard InChI is InChI=1S/C23H30N4O4/c1-7-26-21-20(22(28)27(8-2)23(26)29)25(5)19(24-21)12-10-16-9-11-17(18(13-16)30-6)31-14-15(3)4/h9-13,15H,7-8,14H2,1-6H3. The third kappa shape index (κ3) is 4.28. The molecule has 3 rings (SSSR count). The minimum atomic E-state index is -0.335. The van der Waals surface area contributed by atoms with Crippen molar-refractivity contribution in [3.8, 4) is 11.5 Å². The lowest BCUT2D eigenvalue weighted by molar-refractivity contribution is 0.257. The topological polar surface area (TPSA) is 80.3 Å². The fraction of sp³-hybridized carbons (Fsp3) is 0.435. The third-order valence-electron chi connectivity index (χ3n) is 5.09. The predicted octanol–water partition coefficient (Wildman–Crippen LogP) is 3.15. The van der Waals surface area contributed by atoms with Gasteiger partial charge in [-0.3, -0.25) is 13.9 Å². The molecule has 0 aliphatic heterocycles. The minimum absolute atomic E-state index is 0.314. The Balaban J connectivity index is 2.02. The second-order valence-electron chi connectivity index (χ2n) is 7.73. The van der Waals surface area contributed by atoms with Crippen molar-refractivity contribution in [3.05, 3.63) is 50.4 Å². The van der Waals surface area contributed by atoms with E-state index < -0.39 is 0 Å². The molecule has 31 heavy (non-hydrogen) atoms. The highest BCUT2D eigenvalue weighted by Gasteiger charge is 2.17. The number of rotatable bonds is 8. The van der Waals surface area contributed by atoms with E-state index in [1.807, 2.05) is 37.3 Å². The Bertz CT molecular complexity index is 1230. The lowest BCUT2D eigenvalue weighted by Gasteiger charge is -2.12. The van der Waals surface area contributed by atoms with Crippen molar-refractivity contribution in [1.82, 2.24) is 18.7 Å². The van der Waals surface area contributed by atoms with Crippen LogP contribution in [0.3, 0.4) is 0 Å². The summed E-state index contributed by atoms with van der Waals surface area (Å²) in [5, 5.41) is 0. The number of methoxy groups -OCH3 is 1. The first-order valence-electron chi connectivity index (χ1n) is 10.5. The number of benzene rings is 1. The Morgan fingerprint density at radius 3 is 2.39 bits per heavy atom. The van der Waals surface area contributed by atoms with Crippen LogP contribution in [0.1, 0.15) is 39.1 Å². The van der Waals surface area contributed by atoms with Gasteiger partial charge in [0.2, 0.25) is 0 Å². The van der Waals surface area contributed by atoms with Gasteiger partial charge in [-0.2, -0.15) is 0 Å². The first-order valence-corrected chi connectivity index (χ1v) is 10.5. The van der Waals surface area contributed by atoms with Crippen LogP contribution in [0.15, 0.2) is 27.8 Å². The monoisotopic (exact) mass is 426 g/mol. The molecule has 166 valence electrons. The van der Waals surface area contributed by atoms with Gasteiger partial charge in [0.05, 0.1) is 13.7 Å². The highest BCUT2D eigenvalue weighted by molar-refractivity contribution is 5.77. The van der Waals surface area contributed by atoms with Crippen LogP contribution in [-0.2, 0) is 20.1 Å². The minimum Gasteiger partial charge on any atom is -0.493 e. The molecule has 0 fully saturated rings. The second-order valence-corrected chi connectivity index (χ2v) is 7.73. The number of hydrogen-bond donors (Lipinski definition) is 0. The molecule has 0 amide bonds. The van der Waals surface area contributed by atoms with Crippen molar-refractivity contribution in [2.75, 3.05) is 13.7 Å². The molecular weight excluding hydrogens is 396 g/mol. The molecule has 0 radical (unpaired) electrons. The van der Waals surface area contributed by atoms with Crippen molar-refractivity contribution < 1.29 is 9.47 Å². The number of hydrogen-bond acceptors (Lipinski definition) is 5. The first kappa shape index (κ1) is 22.4. The van der Waals surface area contributed by atoms with Gasteiger partial charge < -0.3 is 14.0 Å². The van der Waals surface area contributed by atoms with E-state index in [-0.39, 0.29) is 11.2 Å². The van der Waals surface area contributed by atoms with E-state index in [0.717, 1.165) is 5.56 Å². The fourth-order valence-electron chi connectivity index (χ4n) is 3.43. The molecule has 8 nitrogen and oxygen atoms in total. The molecule has 1 aromatic carbocycles. The molecule has 0 unspecified atom stereocenters. The number of fused-ring (bicyclic) bond motifs is 1. The maximum absolute atomic E-state index is 12.8. The predicted molar refractivity (Wildman–Crippen MR) is 123 cm³/mol. The smallest absolute Gasteiger partial charge is 0.332 e. The fourth-order valence-corrected chi connectivity index (χ4v) is 3.43. The first-order chi connectivity index (χ1) is 14.8. The zero-order chi connectivity index (χ0) is 22.7. The zero-order valence-corrected chi connectivity index (χ0v) is 19.0. The van der Waals surface area contributed by atoms with Crippen LogP contribution in [-0.4, -0.2) is 32.4 Å². The van der Waals surface area contributed by atoms with Crippen molar-refractivity contribution in [2.45, 2.75) is 40.8 Å². The Kier molecular flexibility index (Phi) is 6.68. The average Bonchev–Trinajstić information content (AvgIpc) is 3.07. The lowest BCUT2D eigenvalue weighted by atomic mass is 10.2. The molecule has 0 N–H and O–H groups in total. The number of nitrogens with zero attached hydrogens (tertiary/aromatic N) is 4. The molecule has 0 spiro atoms. The average molecular weight is 427 g/mol. The highest BCUT2D eigenvalue weighted by atomic mass is 16.5. The molecule has 8 heteroatoms. The Morgan fingerprint density at radius 1 is 1.06 bits per heavy atom. The van der Waals surface area contributed by atoms with Crippen LogP contribution in [0, 0.1) is 5.92 Å². The maximum Gasteiger partial charge on any atom is 0.332 e. The van der Waals surface area contributed by atoms with Gasteiger partial charge >= 0.3 is 5.69 Å². The van der Waals surface area contributed by atoms with Crippen LogP contribution < -0.4 is 20.7 Å². The molecule has 2 aromatic heterocycles. The highest BCUT2D eigenvalue weighted by Crippen LogP contribution is 2.29. The van der Waals surface area contributed by atoms with Crippen LogP contribution in [0.2, 0.25) is 0 Å². The second kappa shape index (κ2) is 9.24. The van der Waals surface area contributed by atoms with Gasteiger partial charge in [-0.15, -0.1) is 0 Å². The summed E-state index contributed by atoms with van der Waals surface area (Å²) in [7, 11) is 3.39. The van der Waals surface area contributed by atoms with E-state index in [1.54, 1.807) is 25.6 Å². The number of aryl methyl sites for hydroxylation is 2. The summed E-state index contributed by atoms with van der Waals surface area (Å²) in [4.78, 5) is 30.0. The molecule has 0 bridgehead atoms. The summed E-state index contributed by atoms with van der Waals surface area (Å²) in [5.74, 6) is 2.35. The molecule has 2 heterocycles. The van der Waals surface area contributed by atoms with Crippen LogP contribution in [0.25, 0.3) is 23.3 Å². The van der Waals surface area contributed by atoms with E-state index in [1.165, 1.54) is 9.13 Å². The number of ether oxygens (including phenoxy) is 2. The quantitative estimate of drug-likeness (QED) is 0.553. The summed E-state index contributed by atoms with van der Waals surface area (Å²) >= 11 is 0. The number of aromatic nitrogens is 4. The zero-order valence-electron chi connectivity index (χ0n) is 19.0. The number of imidazole rings is 1. The van der Waals surface area contributed by atoms with E-state index >= 15 is 0 Å². The molecule has 0 aliphatic carbocycles. The van der Waals surface area contributed by atoms with Gasteiger partial charge in [0, 0.05) is 20.1 Å². The molecule has 0 saturated carbocycles. The Labute approximate surface area is 181 Å². The SMILES string of the molecule is CCn1c(=O)c2c(nc(C=Cc3ccc(OCC(C)C)c(OC)c3)n2C)n(CC)c1=O. The van der Waals surface area contributed by atoms with Gasteiger partial charge in [-0.1, -0.05) is 26.0 Å². The molecule has 0 saturated heterocycles. The normalized spacial score (nSPS) is 11.7. The molecule has 0 atom stereocenters. The summed E-state index contributed by atoms with van der Waals surface area (Å²) in [6.07, 6.45) is 3.71. The summed E-state index contributed by atoms with van der Waals surface area (Å²) in [6, 6.07) is 5.70. The molecule has 0 aliphatic rings. The molecular formula is C23H30N4O4. The molecule has 3 aromatic rings. The van der Waals surface area contributed by atoms with Crippen LogP contribution in [0.5, 0.6) is 11.5 Å². The largest absolute Gasteiger partial charge is 0.493 e. The van der Waals surface area contributed by atoms with Gasteiger partial charge in [-0.05, 0) is 43.5 Å². The summed E-state index contributed by atoms with van der Waals surface area (Å²) in [5.41, 5.74) is 1.06. The van der Waals surface area contributed by atoms with E-state index in [9.17, 15) is 9.59 Å². The van der Waals surface area contributed by atoms with Gasteiger partial charge in [0.1, 0.15) is 5.82 Å². The van der Waals surface area contributed by atoms with Crippen LogP contribution >= 0.6 is 0 Å². The van der Waals surface area contributed by atoms with Gasteiger partial charge in [0.15, 0.2) is 22.7 Å². The summed E-state index contributed by atoms with van der Waals surface area (Å²) in [6.45, 7) is 9.19. The van der Waals surface area contributed by atoms with E-state index in [2.05, 4.69) is 18.8 Å². The summed E-state index contributed by atoms with van der Waals surface area (Å²) < 4.78 is 15.8. The van der Waals surface area contributed by atoms with E-state index in [0.29, 0.717) is 54.1 Å². The Hall–Kier alpha value is -3.29. The third-order valence-corrected chi connectivity index (χ3v) is 5.09.